The first-order valence-electron chi connectivity index (χ1n) is 19.9. The number of nitrogens with one attached hydrogen (secondary N) is 2. The van der Waals surface area contributed by atoms with Crippen molar-refractivity contribution in [2.75, 3.05) is 36.0 Å². The maximum Gasteiger partial charge on any atom is 0.262 e. The smallest absolute Gasteiger partial charge is 0.262 e. The summed E-state index contributed by atoms with van der Waals surface area (Å²) in [5.41, 5.74) is 3.59. The van der Waals surface area contributed by atoms with Crippen molar-refractivity contribution in [2.45, 2.75) is 94.6 Å². The monoisotopic (exact) mass is 792 g/mol. The van der Waals surface area contributed by atoms with Gasteiger partial charge in [0, 0.05) is 61.6 Å². The molecule has 0 spiro atoms. The molecular formula is C43H45ClN6O7. The SMILES string of the molecule is N#Cc1ccc(OC2CCC(NC(=O)c3ccc(N4CCC(OC5CCN(c6ccc7c(c6)C(=O)N(C6CCC(=O)NC6=O)C7=O)CC5)CC4)cc3)CC2)cc1Cl. The molecule has 5 amide bonds. The summed E-state index contributed by atoms with van der Waals surface area (Å²) < 4.78 is 12.7. The Labute approximate surface area is 336 Å². The molecule has 296 valence electrons. The van der Waals surface area contributed by atoms with Gasteiger partial charge in [-0.1, -0.05) is 11.6 Å². The number of anilines is 2. The topological polar surface area (TPSA) is 161 Å². The average molecular weight is 793 g/mol. The minimum Gasteiger partial charge on any atom is -0.490 e. The number of imide groups is 2. The molecule has 0 aromatic heterocycles. The van der Waals surface area contributed by atoms with Crippen molar-refractivity contribution in [3.63, 3.8) is 0 Å². The van der Waals surface area contributed by atoms with Gasteiger partial charge in [-0.2, -0.15) is 5.26 Å². The van der Waals surface area contributed by atoms with Crippen molar-refractivity contribution < 1.29 is 33.4 Å². The molecule has 4 fully saturated rings. The molecule has 3 saturated heterocycles. The molecule has 3 aromatic rings. The Hall–Kier alpha value is -5.45. The number of fused-ring (bicyclic) bond motifs is 1. The van der Waals surface area contributed by atoms with E-state index < -0.39 is 29.7 Å². The second kappa shape index (κ2) is 16.6. The molecule has 1 atom stereocenters. The Morgan fingerprint density at radius 2 is 1.37 bits per heavy atom. The lowest BCUT2D eigenvalue weighted by molar-refractivity contribution is -0.136. The largest absolute Gasteiger partial charge is 0.490 e. The summed E-state index contributed by atoms with van der Waals surface area (Å²) in [7, 11) is 0. The van der Waals surface area contributed by atoms with Gasteiger partial charge in [-0.25, -0.2) is 0 Å². The number of piperidine rings is 3. The lowest BCUT2D eigenvalue weighted by Crippen LogP contribution is -2.54. The van der Waals surface area contributed by atoms with Gasteiger partial charge in [0.1, 0.15) is 17.9 Å². The maximum atomic E-state index is 13.3. The molecule has 57 heavy (non-hydrogen) atoms. The van der Waals surface area contributed by atoms with E-state index in [2.05, 4.69) is 26.5 Å². The summed E-state index contributed by atoms with van der Waals surface area (Å²) in [6.07, 6.45) is 7.37. The number of carbonyl (C=O) groups excluding carboxylic acids is 5. The first kappa shape index (κ1) is 38.4. The number of rotatable bonds is 9. The molecule has 0 bridgehead atoms. The van der Waals surface area contributed by atoms with Crippen LogP contribution in [0.3, 0.4) is 0 Å². The number of ether oxygens (including phenoxy) is 2. The van der Waals surface area contributed by atoms with Crippen LogP contribution in [0.5, 0.6) is 5.75 Å². The highest BCUT2D eigenvalue weighted by Gasteiger charge is 2.45. The number of hydrogen-bond acceptors (Lipinski definition) is 10. The van der Waals surface area contributed by atoms with E-state index in [4.69, 9.17) is 26.3 Å². The van der Waals surface area contributed by atoms with E-state index >= 15 is 0 Å². The van der Waals surface area contributed by atoms with Gasteiger partial charge in [-0.15, -0.1) is 0 Å². The minimum atomic E-state index is -0.981. The maximum absolute atomic E-state index is 13.3. The van der Waals surface area contributed by atoms with E-state index in [1.165, 1.54) is 0 Å². The first-order chi connectivity index (χ1) is 27.6. The Morgan fingerprint density at radius 3 is 2.00 bits per heavy atom. The van der Waals surface area contributed by atoms with Gasteiger partial charge in [-0.3, -0.25) is 34.2 Å². The molecule has 5 aliphatic rings. The molecule has 3 aromatic carbocycles. The molecule has 1 aliphatic carbocycles. The summed E-state index contributed by atoms with van der Waals surface area (Å²) in [6.45, 7) is 3.25. The van der Waals surface area contributed by atoms with E-state index in [0.717, 1.165) is 93.8 Å². The second-order valence-electron chi connectivity index (χ2n) is 15.6. The molecule has 4 aliphatic heterocycles. The summed E-state index contributed by atoms with van der Waals surface area (Å²) >= 11 is 6.15. The molecule has 2 N–H and O–H groups in total. The van der Waals surface area contributed by atoms with Gasteiger partial charge in [0.15, 0.2) is 0 Å². The van der Waals surface area contributed by atoms with Crippen molar-refractivity contribution in [1.82, 2.24) is 15.5 Å². The molecule has 8 rings (SSSR count). The first-order valence-corrected chi connectivity index (χ1v) is 20.3. The van der Waals surface area contributed by atoms with Crippen LogP contribution in [0.1, 0.15) is 101 Å². The second-order valence-corrected chi connectivity index (χ2v) is 16.0. The highest BCUT2D eigenvalue weighted by Crippen LogP contribution is 2.33. The van der Waals surface area contributed by atoms with Gasteiger partial charge in [0.2, 0.25) is 11.8 Å². The third-order valence-electron chi connectivity index (χ3n) is 11.9. The number of halogens is 1. The Bertz CT molecular complexity index is 2100. The number of carbonyl (C=O) groups is 5. The van der Waals surface area contributed by atoms with E-state index in [9.17, 15) is 24.0 Å². The molecule has 1 saturated carbocycles. The van der Waals surface area contributed by atoms with Crippen LogP contribution in [0, 0.1) is 11.3 Å². The molecule has 13 nitrogen and oxygen atoms in total. The normalized spacial score (nSPS) is 23.2. The Balaban J connectivity index is 0.753. The van der Waals surface area contributed by atoms with Gasteiger partial charge in [0.05, 0.1) is 40.0 Å². The highest BCUT2D eigenvalue weighted by atomic mass is 35.5. The van der Waals surface area contributed by atoms with Gasteiger partial charge < -0.3 is 24.6 Å². The standard InChI is InChI=1S/C43H45ClN6O7/c44-37-24-34(9-3-27(37)25-45)57-31-10-4-28(5-11-31)46-40(52)26-1-6-29(7-2-26)48-19-15-32(16-20-48)56-33-17-21-49(22-18-33)30-8-12-35-36(23-30)43(55)50(42(35)54)38-13-14-39(51)47-41(38)53/h1-3,6-9,12,23-24,28,31-33,38H,4-5,10-11,13-22H2,(H,46,52)(H,47,51,53). The van der Waals surface area contributed by atoms with Crippen LogP contribution in [0.2, 0.25) is 5.02 Å². The summed E-state index contributed by atoms with van der Waals surface area (Å²) in [6, 6.07) is 19.4. The molecule has 4 heterocycles. The quantitative estimate of drug-likeness (QED) is 0.269. The predicted octanol–water partition coefficient (Wildman–Crippen LogP) is 5.39. The zero-order chi connectivity index (χ0) is 39.6. The van der Waals surface area contributed by atoms with E-state index in [1.807, 2.05) is 30.3 Å². The zero-order valence-electron chi connectivity index (χ0n) is 31.6. The number of hydrogen-bond donors (Lipinski definition) is 2. The summed E-state index contributed by atoms with van der Waals surface area (Å²) in [5, 5.41) is 14.9. The van der Waals surface area contributed by atoms with Crippen LogP contribution in [-0.2, 0) is 14.3 Å². The number of nitrogens with zero attached hydrogens (tertiary/aromatic N) is 4. The molecule has 14 heteroatoms. The Kier molecular flexibility index (Phi) is 11.2. The van der Waals surface area contributed by atoms with E-state index in [-0.39, 0.29) is 48.7 Å². The van der Waals surface area contributed by atoms with Gasteiger partial charge >= 0.3 is 0 Å². The van der Waals surface area contributed by atoms with E-state index in [1.54, 1.807) is 30.3 Å². The van der Waals surface area contributed by atoms with Gasteiger partial charge in [-0.05, 0) is 112 Å². The zero-order valence-corrected chi connectivity index (χ0v) is 32.3. The summed E-state index contributed by atoms with van der Waals surface area (Å²) in [5.74, 6) is -1.43. The fraction of sp³-hybridized carbons (Fsp3) is 0.442. The third-order valence-corrected chi connectivity index (χ3v) is 12.2. The number of nitriles is 1. The van der Waals surface area contributed by atoms with Gasteiger partial charge in [0.25, 0.3) is 17.7 Å². The van der Waals surface area contributed by atoms with Crippen molar-refractivity contribution in [3.05, 3.63) is 87.9 Å². The molecule has 1 unspecified atom stereocenters. The van der Waals surface area contributed by atoms with Crippen molar-refractivity contribution in [2.24, 2.45) is 0 Å². The minimum absolute atomic E-state index is 0.0400. The highest BCUT2D eigenvalue weighted by molar-refractivity contribution is 6.31. The van der Waals surface area contributed by atoms with Crippen LogP contribution in [0.25, 0.3) is 0 Å². The fourth-order valence-corrected chi connectivity index (χ4v) is 8.91. The fourth-order valence-electron chi connectivity index (χ4n) is 8.70. The predicted molar refractivity (Wildman–Crippen MR) is 211 cm³/mol. The number of amides is 5. The van der Waals surface area contributed by atoms with Crippen LogP contribution in [-0.4, -0.2) is 91.0 Å². The lowest BCUT2D eigenvalue weighted by Gasteiger charge is -2.38. The van der Waals surface area contributed by atoms with Crippen LogP contribution in [0.15, 0.2) is 60.7 Å². The van der Waals surface area contributed by atoms with Crippen LogP contribution in [0.4, 0.5) is 11.4 Å². The molecule has 0 radical (unpaired) electrons. The Morgan fingerprint density at radius 1 is 0.737 bits per heavy atom. The van der Waals surface area contributed by atoms with Crippen molar-refractivity contribution in [1.29, 1.82) is 5.26 Å². The summed E-state index contributed by atoms with van der Waals surface area (Å²) in [4.78, 5) is 69.1. The number of benzene rings is 3. The third kappa shape index (κ3) is 8.34. The molecular weight excluding hydrogens is 748 g/mol. The van der Waals surface area contributed by atoms with Crippen molar-refractivity contribution in [3.8, 4) is 11.8 Å². The van der Waals surface area contributed by atoms with E-state index in [0.29, 0.717) is 27.5 Å². The average Bonchev–Trinajstić information content (AvgIpc) is 3.47. The van der Waals surface area contributed by atoms with Crippen molar-refractivity contribution >= 4 is 52.5 Å². The van der Waals surface area contributed by atoms with Crippen LogP contribution >= 0.6 is 11.6 Å². The lowest BCUT2D eigenvalue weighted by atomic mass is 9.92. The van der Waals surface area contributed by atoms with Crippen LogP contribution < -0.4 is 25.2 Å².